The van der Waals surface area contributed by atoms with Gasteiger partial charge in [-0.05, 0) is 17.8 Å². The summed E-state index contributed by atoms with van der Waals surface area (Å²) >= 11 is 0. The molecule has 1 heteroatoms. The second-order valence-corrected chi connectivity index (χ2v) is 4.01. The molecule has 0 amide bonds. The van der Waals surface area contributed by atoms with Crippen LogP contribution >= 0.6 is 0 Å². The molecule has 0 saturated carbocycles. The highest BCUT2D eigenvalue weighted by molar-refractivity contribution is 4.88. The molecule has 1 nitrogen and oxygen atoms in total. The molecule has 0 aromatic rings. The van der Waals surface area contributed by atoms with Crippen molar-refractivity contribution in [1.82, 2.24) is 5.32 Å². The minimum absolute atomic E-state index is 0.633. The Hall–Kier alpha value is -0.0400. The Kier molecular flexibility index (Phi) is 4.74. The number of rotatable bonds is 2. The van der Waals surface area contributed by atoms with Gasteiger partial charge in [0.05, 0.1) is 0 Å². The van der Waals surface area contributed by atoms with Gasteiger partial charge in [-0.1, -0.05) is 34.6 Å². The minimum Gasteiger partial charge on any atom is -0.316 e. The second-order valence-electron chi connectivity index (χ2n) is 4.01. The van der Waals surface area contributed by atoms with Crippen LogP contribution in [0.5, 0.6) is 0 Å². The standard InChI is InChI=1S/C8H17N.C2H6/c1-7(2)4-8(3)5-9-6-8;1-2/h7,9H,4-6H2,1-3H3;1-2H3. The third kappa shape index (κ3) is 3.76. The maximum absolute atomic E-state index is 3.31. The molecule has 1 saturated heterocycles. The Morgan fingerprint density at radius 1 is 1.27 bits per heavy atom. The van der Waals surface area contributed by atoms with Gasteiger partial charge in [-0.25, -0.2) is 0 Å². The van der Waals surface area contributed by atoms with E-state index in [1.54, 1.807) is 0 Å². The zero-order chi connectivity index (χ0) is 8.91. The molecule has 0 atom stereocenters. The highest BCUT2D eigenvalue weighted by atomic mass is 15.0. The van der Waals surface area contributed by atoms with Crippen LogP contribution in [-0.4, -0.2) is 13.1 Å². The molecule has 1 fully saturated rings. The van der Waals surface area contributed by atoms with Gasteiger partial charge in [0.1, 0.15) is 0 Å². The fourth-order valence-electron chi connectivity index (χ4n) is 1.68. The van der Waals surface area contributed by atoms with E-state index in [-0.39, 0.29) is 0 Å². The lowest BCUT2D eigenvalue weighted by atomic mass is 9.77. The van der Waals surface area contributed by atoms with Gasteiger partial charge >= 0.3 is 0 Å². The highest BCUT2D eigenvalue weighted by Gasteiger charge is 2.31. The van der Waals surface area contributed by atoms with Crippen LogP contribution in [0.2, 0.25) is 0 Å². The quantitative estimate of drug-likeness (QED) is 0.650. The molecule has 0 radical (unpaired) electrons. The molecule has 0 unspecified atom stereocenters. The van der Waals surface area contributed by atoms with Gasteiger partial charge < -0.3 is 5.32 Å². The van der Waals surface area contributed by atoms with E-state index in [1.165, 1.54) is 19.5 Å². The fourth-order valence-corrected chi connectivity index (χ4v) is 1.68. The Labute approximate surface area is 71.6 Å². The van der Waals surface area contributed by atoms with Gasteiger partial charge in [0.25, 0.3) is 0 Å². The predicted molar refractivity (Wildman–Crippen MR) is 51.8 cm³/mol. The lowest BCUT2D eigenvalue weighted by Gasteiger charge is -2.40. The molecule has 0 aromatic carbocycles. The smallest absolute Gasteiger partial charge is 0.00177 e. The summed E-state index contributed by atoms with van der Waals surface area (Å²) < 4.78 is 0. The number of hydrogen-bond donors (Lipinski definition) is 1. The average Bonchev–Trinajstić information content (AvgIpc) is 1.88. The summed E-state index contributed by atoms with van der Waals surface area (Å²) in [6.45, 7) is 13.4. The monoisotopic (exact) mass is 157 g/mol. The van der Waals surface area contributed by atoms with Crippen LogP contribution in [-0.2, 0) is 0 Å². The Morgan fingerprint density at radius 3 is 1.82 bits per heavy atom. The fraction of sp³-hybridized carbons (Fsp3) is 1.00. The average molecular weight is 157 g/mol. The van der Waals surface area contributed by atoms with E-state index < -0.39 is 0 Å². The molecular formula is C10H23N. The lowest BCUT2D eigenvalue weighted by molar-refractivity contribution is 0.157. The molecule has 0 spiro atoms. The first-order valence-corrected chi connectivity index (χ1v) is 4.83. The minimum atomic E-state index is 0.633. The van der Waals surface area contributed by atoms with Crippen LogP contribution in [0.25, 0.3) is 0 Å². The van der Waals surface area contributed by atoms with Crippen molar-refractivity contribution >= 4 is 0 Å². The van der Waals surface area contributed by atoms with Crippen molar-refractivity contribution in [3.05, 3.63) is 0 Å². The SMILES string of the molecule is CC.CC(C)CC1(C)CNC1. The molecular weight excluding hydrogens is 134 g/mol. The van der Waals surface area contributed by atoms with Gasteiger partial charge in [-0.3, -0.25) is 0 Å². The largest absolute Gasteiger partial charge is 0.316 e. The summed E-state index contributed by atoms with van der Waals surface area (Å²) in [6, 6.07) is 0. The van der Waals surface area contributed by atoms with Gasteiger partial charge in [0.2, 0.25) is 0 Å². The zero-order valence-electron chi connectivity index (χ0n) is 8.70. The van der Waals surface area contributed by atoms with Crippen LogP contribution in [0.1, 0.15) is 41.0 Å². The van der Waals surface area contributed by atoms with E-state index in [2.05, 4.69) is 26.1 Å². The van der Waals surface area contributed by atoms with Crippen LogP contribution in [0.4, 0.5) is 0 Å². The van der Waals surface area contributed by atoms with E-state index in [9.17, 15) is 0 Å². The molecule has 1 rings (SSSR count). The predicted octanol–water partition coefficient (Wildman–Crippen LogP) is 2.67. The summed E-state index contributed by atoms with van der Waals surface area (Å²) in [4.78, 5) is 0. The van der Waals surface area contributed by atoms with E-state index in [0.29, 0.717) is 5.41 Å². The van der Waals surface area contributed by atoms with Crippen LogP contribution in [0.3, 0.4) is 0 Å². The van der Waals surface area contributed by atoms with Gasteiger partial charge in [-0.15, -0.1) is 0 Å². The van der Waals surface area contributed by atoms with Crippen molar-refractivity contribution in [2.45, 2.75) is 41.0 Å². The van der Waals surface area contributed by atoms with Crippen LogP contribution in [0, 0.1) is 11.3 Å². The second kappa shape index (κ2) is 4.76. The van der Waals surface area contributed by atoms with E-state index in [0.717, 1.165) is 5.92 Å². The summed E-state index contributed by atoms with van der Waals surface area (Å²) in [6.07, 6.45) is 1.38. The van der Waals surface area contributed by atoms with E-state index in [4.69, 9.17) is 0 Å². The molecule has 1 aliphatic heterocycles. The number of hydrogen-bond acceptors (Lipinski definition) is 1. The summed E-state index contributed by atoms with van der Waals surface area (Å²) in [5.41, 5.74) is 0.633. The first-order valence-electron chi connectivity index (χ1n) is 4.83. The van der Waals surface area contributed by atoms with Gasteiger partial charge in [0.15, 0.2) is 0 Å². The normalized spacial score (nSPS) is 20.2. The lowest BCUT2D eigenvalue weighted by Crippen LogP contribution is -2.51. The molecule has 68 valence electrons. The van der Waals surface area contributed by atoms with Crippen molar-refractivity contribution < 1.29 is 0 Å². The molecule has 11 heavy (non-hydrogen) atoms. The first-order chi connectivity index (χ1) is 5.12. The van der Waals surface area contributed by atoms with Crippen LogP contribution in [0.15, 0.2) is 0 Å². The first kappa shape index (κ1) is 11.0. The Bertz CT molecular complexity index is 93.0. The topological polar surface area (TPSA) is 12.0 Å². The van der Waals surface area contributed by atoms with Crippen molar-refractivity contribution in [1.29, 1.82) is 0 Å². The molecule has 1 heterocycles. The molecule has 0 aromatic heterocycles. The van der Waals surface area contributed by atoms with Crippen molar-refractivity contribution in [2.75, 3.05) is 13.1 Å². The molecule has 1 aliphatic rings. The maximum Gasteiger partial charge on any atom is 0.00177 e. The zero-order valence-corrected chi connectivity index (χ0v) is 8.70. The summed E-state index contributed by atoms with van der Waals surface area (Å²) in [5.74, 6) is 0.858. The van der Waals surface area contributed by atoms with E-state index >= 15 is 0 Å². The Balaban J connectivity index is 0.000000461. The molecule has 0 bridgehead atoms. The summed E-state index contributed by atoms with van der Waals surface area (Å²) in [5, 5.41) is 3.31. The summed E-state index contributed by atoms with van der Waals surface area (Å²) in [7, 11) is 0. The highest BCUT2D eigenvalue weighted by Crippen LogP contribution is 2.29. The Morgan fingerprint density at radius 2 is 1.73 bits per heavy atom. The molecule has 0 aliphatic carbocycles. The van der Waals surface area contributed by atoms with Crippen molar-refractivity contribution in [2.24, 2.45) is 11.3 Å². The van der Waals surface area contributed by atoms with Crippen LogP contribution < -0.4 is 5.32 Å². The van der Waals surface area contributed by atoms with Gasteiger partial charge in [-0.2, -0.15) is 0 Å². The number of nitrogens with one attached hydrogen (secondary N) is 1. The van der Waals surface area contributed by atoms with Crippen molar-refractivity contribution in [3.8, 4) is 0 Å². The van der Waals surface area contributed by atoms with E-state index in [1.807, 2.05) is 13.8 Å². The van der Waals surface area contributed by atoms with Gasteiger partial charge in [0, 0.05) is 13.1 Å². The maximum atomic E-state index is 3.31. The van der Waals surface area contributed by atoms with Crippen molar-refractivity contribution in [3.63, 3.8) is 0 Å². The third-order valence-corrected chi connectivity index (χ3v) is 2.00. The third-order valence-electron chi connectivity index (χ3n) is 2.00. The molecule has 1 N–H and O–H groups in total.